The summed E-state index contributed by atoms with van der Waals surface area (Å²) < 4.78 is 24.2. The monoisotopic (exact) mass is 422 g/mol. The van der Waals surface area contributed by atoms with Gasteiger partial charge in [-0.15, -0.1) is 0 Å². The van der Waals surface area contributed by atoms with E-state index in [9.17, 15) is 4.57 Å². The third-order valence-corrected chi connectivity index (χ3v) is 6.22. The van der Waals surface area contributed by atoms with Crippen LogP contribution in [0.25, 0.3) is 0 Å². The van der Waals surface area contributed by atoms with E-state index in [1.54, 1.807) is 17.2 Å². The number of benzene rings is 3. The van der Waals surface area contributed by atoms with Crippen molar-refractivity contribution >= 4 is 7.60 Å². The summed E-state index contributed by atoms with van der Waals surface area (Å²) in [6.07, 6.45) is 0. The largest absolute Gasteiger partial charge is 0.424 e. The van der Waals surface area contributed by atoms with Gasteiger partial charge in [-0.3, -0.25) is 4.90 Å². The molecule has 1 unspecified atom stereocenters. The Bertz CT molecular complexity index is 922. The van der Waals surface area contributed by atoms with Crippen LogP contribution >= 0.6 is 7.60 Å². The standard InChI is InChI=1S/C24H27N2O3P/c1-30(27,28-23-15-9-4-10-16-23)29-26-19-17-25(18-20-26)24(21-11-5-2-6-12-21)22-13-7-3-8-14-22/h2-16,24H,17-20H2,1H3. The molecule has 0 bridgehead atoms. The SMILES string of the molecule is CP(=O)(Oc1ccccc1)ON1CCN(C(c2ccccc2)c2ccccc2)CC1. The average molecular weight is 422 g/mol. The number of rotatable bonds is 7. The molecule has 1 heterocycles. The zero-order valence-electron chi connectivity index (χ0n) is 17.1. The van der Waals surface area contributed by atoms with Gasteiger partial charge in [0.2, 0.25) is 0 Å². The molecule has 1 aliphatic rings. The van der Waals surface area contributed by atoms with Crippen molar-refractivity contribution in [3.05, 3.63) is 102 Å². The van der Waals surface area contributed by atoms with E-state index in [0.29, 0.717) is 18.8 Å². The number of nitrogens with zero attached hydrogens (tertiary/aromatic N) is 2. The summed E-state index contributed by atoms with van der Waals surface area (Å²) >= 11 is 0. The van der Waals surface area contributed by atoms with Gasteiger partial charge in [0.1, 0.15) is 5.75 Å². The highest BCUT2D eigenvalue weighted by molar-refractivity contribution is 7.53. The van der Waals surface area contributed by atoms with Gasteiger partial charge in [0.15, 0.2) is 0 Å². The minimum absolute atomic E-state index is 0.184. The Morgan fingerprint density at radius 1 is 0.733 bits per heavy atom. The molecule has 1 atom stereocenters. The molecular formula is C24H27N2O3P. The van der Waals surface area contributed by atoms with Crippen molar-refractivity contribution in [2.24, 2.45) is 0 Å². The van der Waals surface area contributed by atoms with Crippen molar-refractivity contribution in [3.8, 4) is 5.75 Å². The van der Waals surface area contributed by atoms with Crippen LogP contribution in [0.5, 0.6) is 5.75 Å². The fraction of sp³-hybridized carbons (Fsp3) is 0.250. The summed E-state index contributed by atoms with van der Waals surface area (Å²) in [5, 5.41) is 1.77. The van der Waals surface area contributed by atoms with Crippen LogP contribution in [0.3, 0.4) is 0 Å². The first-order chi connectivity index (χ1) is 14.6. The van der Waals surface area contributed by atoms with Crippen molar-refractivity contribution < 1.29 is 13.7 Å². The van der Waals surface area contributed by atoms with Crippen LogP contribution in [-0.2, 0) is 9.19 Å². The Balaban J connectivity index is 1.42. The molecular weight excluding hydrogens is 395 g/mol. The minimum Gasteiger partial charge on any atom is -0.424 e. The van der Waals surface area contributed by atoms with Crippen molar-refractivity contribution in [1.82, 2.24) is 9.96 Å². The molecule has 3 aromatic rings. The number of hydrogen-bond donors (Lipinski definition) is 0. The molecule has 6 heteroatoms. The van der Waals surface area contributed by atoms with Gasteiger partial charge in [0.05, 0.1) is 12.7 Å². The van der Waals surface area contributed by atoms with Gasteiger partial charge in [-0.2, -0.15) is 5.06 Å². The molecule has 0 saturated carbocycles. The highest BCUT2D eigenvalue weighted by atomic mass is 31.2. The van der Waals surface area contributed by atoms with Crippen LogP contribution < -0.4 is 4.52 Å². The Morgan fingerprint density at radius 3 is 1.70 bits per heavy atom. The smallest absolute Gasteiger partial charge is 0.392 e. The predicted octanol–water partition coefficient (Wildman–Crippen LogP) is 5.23. The average Bonchev–Trinajstić information content (AvgIpc) is 2.77. The van der Waals surface area contributed by atoms with Crippen LogP contribution in [0.2, 0.25) is 0 Å². The lowest BCUT2D eigenvalue weighted by atomic mass is 9.96. The first-order valence-corrected chi connectivity index (χ1v) is 12.2. The lowest BCUT2D eigenvalue weighted by Gasteiger charge is -2.39. The van der Waals surface area contributed by atoms with Crippen molar-refractivity contribution in [1.29, 1.82) is 0 Å². The molecule has 0 N–H and O–H groups in total. The molecule has 0 radical (unpaired) electrons. The van der Waals surface area contributed by atoms with Crippen LogP contribution in [-0.4, -0.2) is 42.8 Å². The molecule has 0 amide bonds. The lowest BCUT2D eigenvalue weighted by Crippen LogP contribution is -2.47. The molecule has 1 fully saturated rings. The minimum atomic E-state index is -3.24. The normalized spacial score (nSPS) is 17.5. The molecule has 4 rings (SSSR count). The predicted molar refractivity (Wildman–Crippen MR) is 120 cm³/mol. The number of hydrogen-bond acceptors (Lipinski definition) is 5. The Labute approximate surface area is 178 Å². The van der Waals surface area contributed by atoms with E-state index in [1.807, 2.05) is 30.3 Å². The molecule has 0 aliphatic carbocycles. The molecule has 1 saturated heterocycles. The molecule has 0 aromatic heterocycles. The quantitative estimate of drug-likeness (QED) is 0.488. The van der Waals surface area contributed by atoms with Gasteiger partial charge in [-0.05, 0) is 23.3 Å². The van der Waals surface area contributed by atoms with Crippen LogP contribution in [0.15, 0.2) is 91.0 Å². The Morgan fingerprint density at radius 2 is 1.20 bits per heavy atom. The topological polar surface area (TPSA) is 42.0 Å². The van der Waals surface area contributed by atoms with Crippen molar-refractivity contribution in [2.75, 3.05) is 32.8 Å². The number of para-hydroxylation sites is 1. The zero-order valence-corrected chi connectivity index (χ0v) is 18.0. The second-order valence-corrected chi connectivity index (χ2v) is 9.33. The van der Waals surface area contributed by atoms with Gasteiger partial charge in [0, 0.05) is 26.2 Å². The van der Waals surface area contributed by atoms with Gasteiger partial charge in [-0.25, -0.2) is 9.19 Å². The maximum absolute atomic E-state index is 12.8. The maximum atomic E-state index is 12.8. The lowest BCUT2D eigenvalue weighted by molar-refractivity contribution is -0.0969. The van der Waals surface area contributed by atoms with Gasteiger partial charge < -0.3 is 4.52 Å². The fourth-order valence-corrected chi connectivity index (χ4v) is 4.95. The summed E-state index contributed by atoms with van der Waals surface area (Å²) in [6.45, 7) is 4.45. The van der Waals surface area contributed by atoms with Crippen LogP contribution in [0, 0.1) is 0 Å². The summed E-state index contributed by atoms with van der Waals surface area (Å²) in [7, 11) is -3.24. The number of hydroxylamine groups is 2. The van der Waals surface area contributed by atoms with E-state index in [1.165, 1.54) is 17.8 Å². The van der Waals surface area contributed by atoms with Crippen molar-refractivity contribution in [2.45, 2.75) is 6.04 Å². The highest BCUT2D eigenvalue weighted by Crippen LogP contribution is 2.45. The highest BCUT2D eigenvalue weighted by Gasteiger charge is 2.30. The summed E-state index contributed by atoms with van der Waals surface area (Å²) in [4.78, 5) is 2.45. The van der Waals surface area contributed by atoms with E-state index in [0.717, 1.165) is 13.1 Å². The molecule has 3 aromatic carbocycles. The third kappa shape index (κ3) is 5.38. The molecule has 30 heavy (non-hydrogen) atoms. The third-order valence-electron chi connectivity index (χ3n) is 5.15. The second kappa shape index (κ2) is 9.59. The molecule has 5 nitrogen and oxygen atoms in total. The first kappa shape index (κ1) is 20.8. The van der Waals surface area contributed by atoms with Gasteiger partial charge in [-0.1, -0.05) is 78.9 Å². The Hall–Kier alpha value is -2.43. The van der Waals surface area contributed by atoms with Gasteiger partial charge >= 0.3 is 7.60 Å². The van der Waals surface area contributed by atoms with E-state index in [4.69, 9.17) is 9.15 Å². The first-order valence-electron chi connectivity index (χ1n) is 10.2. The summed E-state index contributed by atoms with van der Waals surface area (Å²) in [5.74, 6) is 0.551. The Kier molecular flexibility index (Phi) is 6.66. The van der Waals surface area contributed by atoms with E-state index < -0.39 is 7.60 Å². The fourth-order valence-electron chi connectivity index (χ4n) is 3.83. The molecule has 0 spiro atoms. The summed E-state index contributed by atoms with van der Waals surface area (Å²) in [5.41, 5.74) is 2.54. The number of piperazine rings is 1. The van der Waals surface area contributed by atoms with E-state index in [-0.39, 0.29) is 6.04 Å². The van der Waals surface area contributed by atoms with Crippen LogP contribution in [0.4, 0.5) is 0 Å². The molecule has 1 aliphatic heterocycles. The second-order valence-electron chi connectivity index (χ2n) is 7.45. The van der Waals surface area contributed by atoms with Crippen LogP contribution in [0.1, 0.15) is 17.2 Å². The van der Waals surface area contributed by atoms with E-state index >= 15 is 0 Å². The summed E-state index contributed by atoms with van der Waals surface area (Å²) in [6, 6.07) is 30.5. The maximum Gasteiger partial charge on any atom is 0.392 e. The molecule has 156 valence electrons. The van der Waals surface area contributed by atoms with E-state index in [2.05, 4.69) is 53.4 Å². The zero-order chi connectivity index (χ0) is 20.8. The van der Waals surface area contributed by atoms with Gasteiger partial charge in [0.25, 0.3) is 0 Å². The van der Waals surface area contributed by atoms with Crippen molar-refractivity contribution in [3.63, 3.8) is 0 Å².